The minimum atomic E-state index is -4.80. The van der Waals surface area contributed by atoms with Crippen molar-refractivity contribution in [2.75, 3.05) is 17.0 Å². The predicted octanol–water partition coefficient (Wildman–Crippen LogP) is 6.05. The Kier molecular flexibility index (Phi) is 7.24. The highest BCUT2D eigenvalue weighted by atomic mass is 35.5. The van der Waals surface area contributed by atoms with Gasteiger partial charge >= 0.3 is 6.18 Å². The number of aromatic nitrogens is 1. The summed E-state index contributed by atoms with van der Waals surface area (Å²) in [5, 5.41) is 12.9. The van der Waals surface area contributed by atoms with Crippen LogP contribution in [0.1, 0.15) is 42.5 Å². The monoisotopic (exact) mass is 678 g/mol. The number of hydrogen-bond acceptors (Lipinski definition) is 7. The van der Waals surface area contributed by atoms with Crippen LogP contribution in [0.3, 0.4) is 0 Å². The molecule has 248 valence electrons. The SMILES string of the molecule is Cc1cccc(C2C3=CCC4C(=O)N(N(C)c5nc(C(F)(F)F)ccc5Cl)C(=O)C4C3CC3C(=O)N(c4ccccc4)C(=O)C32C)c1O. The van der Waals surface area contributed by atoms with Gasteiger partial charge in [0.15, 0.2) is 5.82 Å². The van der Waals surface area contributed by atoms with Gasteiger partial charge in [-0.1, -0.05) is 59.6 Å². The molecule has 9 nitrogen and oxygen atoms in total. The van der Waals surface area contributed by atoms with Gasteiger partial charge in [-0.25, -0.2) is 9.88 Å². The van der Waals surface area contributed by atoms with Crippen molar-refractivity contribution in [3.63, 3.8) is 0 Å². The molecule has 1 aromatic heterocycles. The minimum Gasteiger partial charge on any atom is -0.507 e. The van der Waals surface area contributed by atoms with Crippen LogP contribution in [0.15, 0.2) is 72.3 Å². The molecule has 3 fully saturated rings. The number of amides is 4. The van der Waals surface area contributed by atoms with Gasteiger partial charge < -0.3 is 5.11 Å². The molecule has 2 aromatic carbocycles. The molecule has 4 amide bonds. The number of alkyl halides is 3. The maximum Gasteiger partial charge on any atom is 0.433 e. The van der Waals surface area contributed by atoms with Gasteiger partial charge in [-0.2, -0.15) is 18.2 Å². The van der Waals surface area contributed by atoms with E-state index in [0.29, 0.717) is 28.5 Å². The average molecular weight is 679 g/mol. The number of halogens is 4. The first-order valence-electron chi connectivity index (χ1n) is 15.4. The molecule has 1 saturated carbocycles. The molecule has 6 unspecified atom stereocenters. The third-order valence-electron chi connectivity index (χ3n) is 10.6. The van der Waals surface area contributed by atoms with E-state index < -0.39 is 76.3 Å². The van der Waals surface area contributed by atoms with Crippen LogP contribution in [0.2, 0.25) is 5.02 Å². The summed E-state index contributed by atoms with van der Waals surface area (Å²) in [6.45, 7) is 3.45. The second-order valence-electron chi connectivity index (χ2n) is 13.0. The lowest BCUT2D eigenvalue weighted by Gasteiger charge is -2.49. The first-order chi connectivity index (χ1) is 22.7. The molecule has 48 heavy (non-hydrogen) atoms. The normalized spacial score (nSPS) is 28.3. The van der Waals surface area contributed by atoms with Gasteiger partial charge in [0.2, 0.25) is 11.8 Å². The number of fused-ring (bicyclic) bond motifs is 4. The van der Waals surface area contributed by atoms with Gasteiger partial charge in [0.25, 0.3) is 11.8 Å². The van der Waals surface area contributed by atoms with Crippen molar-refractivity contribution >= 4 is 46.7 Å². The van der Waals surface area contributed by atoms with Crippen molar-refractivity contribution < 1.29 is 37.5 Å². The van der Waals surface area contributed by atoms with Crippen LogP contribution in [0, 0.1) is 36.0 Å². The van der Waals surface area contributed by atoms with E-state index in [1.165, 1.54) is 11.9 Å². The molecule has 7 rings (SSSR count). The fraction of sp³-hybridized carbons (Fsp3) is 0.343. The summed E-state index contributed by atoms with van der Waals surface area (Å²) in [5.41, 5.74) is -0.535. The number of phenolic OH excluding ortho intramolecular Hbond substituents is 1. The summed E-state index contributed by atoms with van der Waals surface area (Å²) in [6, 6.07) is 15.4. The van der Waals surface area contributed by atoms with Gasteiger partial charge in [0, 0.05) is 18.5 Å². The molecule has 1 N–H and O–H groups in total. The van der Waals surface area contributed by atoms with Crippen molar-refractivity contribution in [1.29, 1.82) is 0 Å². The number of hydrazine groups is 1. The standard InChI is InChI=1S/C35H30ClF3N4O5/c1-17-8-7-11-21(28(17)44)27-19-12-13-20-26(22(19)16-23-31(46)42(33(48)34(23,27)2)18-9-5-4-6-10-18)32(47)43(30(20)45)41(3)29-24(36)14-15-25(40-29)35(37,38)39/h4-12,14-15,20,22-23,26-27,44H,13,16H2,1-3H3. The maximum atomic E-state index is 14.5. The lowest BCUT2D eigenvalue weighted by atomic mass is 9.51. The van der Waals surface area contributed by atoms with Crippen molar-refractivity contribution in [3.8, 4) is 5.75 Å². The molecule has 4 aliphatic rings. The molecule has 0 spiro atoms. The highest BCUT2D eigenvalue weighted by Crippen LogP contribution is 2.64. The number of pyridine rings is 1. The summed E-state index contributed by atoms with van der Waals surface area (Å²) < 4.78 is 40.6. The summed E-state index contributed by atoms with van der Waals surface area (Å²) in [4.78, 5) is 61.7. The Bertz CT molecular complexity index is 1930. The number of imide groups is 2. The lowest BCUT2D eigenvalue weighted by Crippen LogP contribution is -2.49. The number of para-hydroxylation sites is 2. The van der Waals surface area contributed by atoms with E-state index in [2.05, 4.69) is 4.98 Å². The Hall–Kier alpha value is -4.71. The second-order valence-corrected chi connectivity index (χ2v) is 13.4. The molecule has 2 aliphatic carbocycles. The molecule has 0 bridgehead atoms. The Morgan fingerprint density at radius 2 is 1.67 bits per heavy atom. The Morgan fingerprint density at radius 1 is 0.958 bits per heavy atom. The summed E-state index contributed by atoms with van der Waals surface area (Å²) >= 11 is 6.23. The van der Waals surface area contributed by atoms with Crippen molar-refractivity contribution in [3.05, 3.63) is 94.2 Å². The van der Waals surface area contributed by atoms with Gasteiger partial charge in [-0.3, -0.25) is 24.2 Å². The van der Waals surface area contributed by atoms with E-state index in [1.807, 2.05) is 6.08 Å². The van der Waals surface area contributed by atoms with Crippen LogP contribution in [-0.4, -0.2) is 45.8 Å². The number of aromatic hydroxyl groups is 1. The van der Waals surface area contributed by atoms with E-state index in [1.54, 1.807) is 62.4 Å². The Balaban J connectivity index is 1.33. The molecule has 2 aliphatic heterocycles. The molecule has 3 heterocycles. The van der Waals surface area contributed by atoms with Crippen molar-refractivity contribution in [2.24, 2.45) is 29.1 Å². The largest absolute Gasteiger partial charge is 0.507 e. The van der Waals surface area contributed by atoms with E-state index >= 15 is 0 Å². The molecule has 2 saturated heterocycles. The molecular formula is C35H30ClF3N4O5. The quantitative estimate of drug-likeness (QED) is 0.264. The van der Waals surface area contributed by atoms with E-state index in [9.17, 15) is 37.5 Å². The average Bonchev–Trinajstić information content (AvgIpc) is 3.42. The van der Waals surface area contributed by atoms with Crippen molar-refractivity contribution in [1.82, 2.24) is 9.99 Å². The fourth-order valence-electron chi connectivity index (χ4n) is 8.29. The van der Waals surface area contributed by atoms with Crippen LogP contribution in [-0.2, 0) is 25.4 Å². The minimum absolute atomic E-state index is 0.0370. The number of benzene rings is 2. The highest BCUT2D eigenvalue weighted by Gasteiger charge is 2.68. The van der Waals surface area contributed by atoms with Gasteiger partial charge in [-0.15, -0.1) is 0 Å². The third-order valence-corrected chi connectivity index (χ3v) is 10.9. The zero-order chi connectivity index (χ0) is 34.4. The summed E-state index contributed by atoms with van der Waals surface area (Å²) in [5.74, 6) is -6.95. The number of phenols is 1. The van der Waals surface area contributed by atoms with Gasteiger partial charge in [0.1, 0.15) is 11.4 Å². The first-order valence-corrected chi connectivity index (χ1v) is 15.8. The smallest absolute Gasteiger partial charge is 0.433 e. The molecule has 3 aromatic rings. The van der Waals surface area contributed by atoms with Crippen LogP contribution in [0.25, 0.3) is 0 Å². The topological polar surface area (TPSA) is 111 Å². The van der Waals surface area contributed by atoms with Crippen molar-refractivity contribution in [2.45, 2.75) is 38.8 Å². The molecule has 0 radical (unpaired) electrons. The molecule has 6 atom stereocenters. The number of carbonyl (C=O) groups is 4. The molecular weight excluding hydrogens is 649 g/mol. The van der Waals surface area contributed by atoms with E-state index in [-0.39, 0.29) is 23.6 Å². The van der Waals surface area contributed by atoms with Crippen LogP contribution >= 0.6 is 11.6 Å². The summed E-state index contributed by atoms with van der Waals surface area (Å²) in [6.07, 6.45) is -2.80. The number of nitrogens with zero attached hydrogens (tertiary/aromatic N) is 4. The zero-order valence-electron chi connectivity index (χ0n) is 26.0. The number of allylic oxidation sites excluding steroid dienone is 2. The maximum absolute atomic E-state index is 14.5. The van der Waals surface area contributed by atoms with Crippen LogP contribution in [0.4, 0.5) is 24.7 Å². The zero-order valence-corrected chi connectivity index (χ0v) is 26.8. The van der Waals surface area contributed by atoms with Crippen LogP contribution in [0.5, 0.6) is 5.75 Å². The Labute approximate surface area is 278 Å². The first kappa shape index (κ1) is 31.9. The number of anilines is 2. The lowest BCUT2D eigenvalue weighted by molar-refractivity contribution is -0.141. The third kappa shape index (κ3) is 4.41. The number of aryl methyl sites for hydroxylation is 1. The van der Waals surface area contributed by atoms with E-state index in [0.717, 1.165) is 16.1 Å². The highest BCUT2D eigenvalue weighted by molar-refractivity contribution is 6.33. The van der Waals surface area contributed by atoms with Gasteiger partial charge in [-0.05, 0) is 62.4 Å². The Morgan fingerprint density at radius 3 is 2.35 bits per heavy atom. The fourth-order valence-corrected chi connectivity index (χ4v) is 8.51. The summed E-state index contributed by atoms with van der Waals surface area (Å²) in [7, 11) is 1.25. The van der Waals surface area contributed by atoms with Gasteiger partial charge in [0.05, 0.1) is 33.9 Å². The number of rotatable bonds is 4. The predicted molar refractivity (Wildman–Crippen MR) is 168 cm³/mol. The number of hydrogen-bond donors (Lipinski definition) is 1. The van der Waals surface area contributed by atoms with E-state index in [4.69, 9.17) is 11.6 Å². The second kappa shape index (κ2) is 10.9. The van der Waals surface area contributed by atoms with Crippen LogP contribution < -0.4 is 9.91 Å². The molecule has 13 heteroatoms. The number of carbonyl (C=O) groups excluding carboxylic acids is 4.